The molecule has 1 heterocycles. The Kier molecular flexibility index (Phi) is 2.03. The molecule has 1 aromatic carbocycles. The van der Waals surface area contributed by atoms with Crippen LogP contribution in [0.5, 0.6) is 11.5 Å². The molecule has 0 fully saturated rings. The van der Waals surface area contributed by atoms with Crippen LogP contribution in [0.1, 0.15) is 23.6 Å². The van der Waals surface area contributed by atoms with Crippen LogP contribution in [0.2, 0.25) is 0 Å². The third kappa shape index (κ3) is 1.41. The van der Waals surface area contributed by atoms with E-state index in [0.717, 1.165) is 28.9 Å². The summed E-state index contributed by atoms with van der Waals surface area (Å²) < 4.78 is 5.88. The number of phenolic OH excluding ortho intramolecular Hbond substituents is 1. The molecule has 0 aliphatic carbocycles. The molecule has 1 N–H and O–H groups in total. The molecule has 1 aromatic rings. The second kappa shape index (κ2) is 3.02. The van der Waals surface area contributed by atoms with Gasteiger partial charge in [0.05, 0.1) is 0 Å². The lowest BCUT2D eigenvalue weighted by Gasteiger charge is -2.19. The van der Waals surface area contributed by atoms with E-state index >= 15 is 0 Å². The van der Waals surface area contributed by atoms with Crippen molar-refractivity contribution < 1.29 is 9.84 Å². The van der Waals surface area contributed by atoms with E-state index in [-0.39, 0.29) is 5.60 Å². The molecule has 0 bridgehead atoms. The molecule has 0 saturated heterocycles. The Labute approximate surface area is 90.2 Å². The van der Waals surface area contributed by atoms with Gasteiger partial charge in [0.25, 0.3) is 0 Å². The van der Waals surface area contributed by atoms with E-state index in [2.05, 4.69) is 6.58 Å². The van der Waals surface area contributed by atoms with Crippen LogP contribution in [0.25, 0.3) is 0 Å². The van der Waals surface area contributed by atoms with Gasteiger partial charge in [-0.1, -0.05) is 6.58 Å². The summed E-state index contributed by atoms with van der Waals surface area (Å²) in [5, 5.41) is 9.73. The van der Waals surface area contributed by atoms with E-state index in [0.29, 0.717) is 5.75 Å². The summed E-state index contributed by atoms with van der Waals surface area (Å²) in [6.45, 7) is 9.67. The van der Waals surface area contributed by atoms with Crippen molar-refractivity contribution in [3.63, 3.8) is 0 Å². The molecular formula is C13H16O2. The number of aromatic hydroxyl groups is 1. The van der Waals surface area contributed by atoms with Gasteiger partial charge in [-0.25, -0.2) is 0 Å². The Morgan fingerprint density at radius 1 is 1.47 bits per heavy atom. The van der Waals surface area contributed by atoms with Crippen molar-refractivity contribution in [3.05, 3.63) is 35.4 Å². The van der Waals surface area contributed by atoms with Crippen molar-refractivity contribution in [2.45, 2.75) is 32.8 Å². The average Bonchev–Trinajstić information content (AvgIpc) is 2.53. The molecular weight excluding hydrogens is 188 g/mol. The molecule has 0 spiro atoms. The molecule has 1 unspecified atom stereocenters. The van der Waals surface area contributed by atoms with Crippen molar-refractivity contribution in [1.82, 2.24) is 0 Å². The molecule has 1 atom stereocenters. The van der Waals surface area contributed by atoms with Crippen molar-refractivity contribution in [2.75, 3.05) is 0 Å². The molecule has 0 radical (unpaired) electrons. The predicted molar refractivity (Wildman–Crippen MR) is 60.5 cm³/mol. The zero-order valence-corrected chi connectivity index (χ0v) is 9.42. The third-order valence-electron chi connectivity index (χ3n) is 3.20. The summed E-state index contributed by atoms with van der Waals surface area (Å²) in [4.78, 5) is 0. The lowest BCUT2D eigenvalue weighted by Crippen LogP contribution is -2.26. The second-order valence-electron chi connectivity index (χ2n) is 4.43. The Morgan fingerprint density at radius 3 is 2.73 bits per heavy atom. The Morgan fingerprint density at radius 2 is 2.13 bits per heavy atom. The number of ether oxygens (including phenoxy) is 1. The fraction of sp³-hybridized carbons (Fsp3) is 0.385. The van der Waals surface area contributed by atoms with E-state index in [1.807, 2.05) is 26.8 Å². The van der Waals surface area contributed by atoms with Crippen LogP contribution in [0, 0.1) is 13.8 Å². The van der Waals surface area contributed by atoms with E-state index < -0.39 is 0 Å². The van der Waals surface area contributed by atoms with Crippen molar-refractivity contribution in [2.24, 2.45) is 0 Å². The predicted octanol–water partition coefficient (Wildman–Crippen LogP) is 2.89. The average molecular weight is 204 g/mol. The summed E-state index contributed by atoms with van der Waals surface area (Å²) >= 11 is 0. The molecule has 0 aromatic heterocycles. The van der Waals surface area contributed by atoms with Gasteiger partial charge in [-0.2, -0.15) is 0 Å². The summed E-state index contributed by atoms with van der Waals surface area (Å²) in [5.41, 5.74) is 2.66. The Bertz CT molecular complexity index is 435. The summed E-state index contributed by atoms with van der Waals surface area (Å²) in [7, 11) is 0. The highest BCUT2D eigenvalue weighted by molar-refractivity contribution is 5.55. The van der Waals surface area contributed by atoms with Crippen molar-refractivity contribution in [3.8, 4) is 11.5 Å². The number of fused-ring (bicyclic) bond motifs is 1. The maximum atomic E-state index is 9.73. The minimum Gasteiger partial charge on any atom is -0.508 e. The van der Waals surface area contributed by atoms with Crippen LogP contribution >= 0.6 is 0 Å². The van der Waals surface area contributed by atoms with E-state index in [4.69, 9.17) is 4.74 Å². The molecule has 0 saturated carbocycles. The fourth-order valence-electron chi connectivity index (χ4n) is 1.98. The molecule has 2 rings (SSSR count). The highest BCUT2D eigenvalue weighted by Gasteiger charge is 2.33. The van der Waals surface area contributed by atoms with Crippen molar-refractivity contribution >= 4 is 0 Å². The number of phenols is 1. The quantitative estimate of drug-likeness (QED) is 0.713. The molecule has 80 valence electrons. The zero-order valence-electron chi connectivity index (χ0n) is 9.42. The summed E-state index contributed by atoms with van der Waals surface area (Å²) in [6, 6.07) is 1.80. The van der Waals surface area contributed by atoms with Crippen molar-refractivity contribution in [1.29, 1.82) is 0 Å². The number of rotatable bonds is 1. The van der Waals surface area contributed by atoms with Crippen LogP contribution in [-0.4, -0.2) is 10.7 Å². The van der Waals surface area contributed by atoms with Crippen LogP contribution in [0.3, 0.4) is 0 Å². The topological polar surface area (TPSA) is 29.5 Å². The smallest absolute Gasteiger partial charge is 0.128 e. The third-order valence-corrected chi connectivity index (χ3v) is 3.20. The first-order chi connectivity index (χ1) is 6.97. The largest absolute Gasteiger partial charge is 0.508 e. The first-order valence-corrected chi connectivity index (χ1v) is 5.11. The van der Waals surface area contributed by atoms with Gasteiger partial charge >= 0.3 is 0 Å². The van der Waals surface area contributed by atoms with Gasteiger partial charge in [0.15, 0.2) is 0 Å². The fourth-order valence-corrected chi connectivity index (χ4v) is 1.98. The molecule has 0 amide bonds. The molecule has 2 heteroatoms. The lowest BCUT2D eigenvalue weighted by atomic mass is 9.97. The highest BCUT2D eigenvalue weighted by Crippen LogP contribution is 2.42. The maximum Gasteiger partial charge on any atom is 0.128 e. The molecule has 15 heavy (non-hydrogen) atoms. The second-order valence-corrected chi connectivity index (χ2v) is 4.43. The Balaban J connectivity index is 2.56. The molecule has 1 aliphatic heterocycles. The van der Waals surface area contributed by atoms with Crippen LogP contribution in [0.15, 0.2) is 18.7 Å². The molecule has 2 nitrogen and oxygen atoms in total. The highest BCUT2D eigenvalue weighted by atomic mass is 16.5. The SMILES string of the molecule is C=CC1(C)Cc2cc(O)c(C)c(C)c2O1. The maximum absolute atomic E-state index is 9.73. The van der Waals surface area contributed by atoms with Gasteiger partial charge in [0.2, 0.25) is 0 Å². The van der Waals surface area contributed by atoms with Gasteiger partial charge in [-0.3, -0.25) is 0 Å². The van der Waals surface area contributed by atoms with Gasteiger partial charge in [0.1, 0.15) is 17.1 Å². The minimum absolute atomic E-state index is 0.326. The van der Waals surface area contributed by atoms with E-state index in [9.17, 15) is 5.11 Å². The lowest BCUT2D eigenvalue weighted by molar-refractivity contribution is 0.170. The van der Waals surface area contributed by atoms with Gasteiger partial charge in [-0.15, -0.1) is 0 Å². The van der Waals surface area contributed by atoms with Crippen LogP contribution in [0.4, 0.5) is 0 Å². The minimum atomic E-state index is -0.326. The molecule has 1 aliphatic rings. The normalized spacial score (nSPS) is 23.4. The number of hydrogen-bond acceptors (Lipinski definition) is 2. The number of benzene rings is 1. The van der Waals surface area contributed by atoms with Crippen LogP contribution < -0.4 is 4.74 Å². The standard InChI is InChI=1S/C13H16O2/c1-5-13(4)7-10-6-11(14)8(2)9(3)12(10)15-13/h5-6,14H,1,7H2,2-4H3. The van der Waals surface area contributed by atoms with Gasteiger partial charge < -0.3 is 9.84 Å². The first kappa shape index (κ1) is 10.1. The van der Waals surface area contributed by atoms with Crippen LogP contribution in [-0.2, 0) is 6.42 Å². The van der Waals surface area contributed by atoms with Gasteiger partial charge in [0, 0.05) is 12.0 Å². The van der Waals surface area contributed by atoms with E-state index in [1.165, 1.54) is 0 Å². The summed E-state index contributed by atoms with van der Waals surface area (Å²) in [5.74, 6) is 1.26. The summed E-state index contributed by atoms with van der Waals surface area (Å²) in [6.07, 6.45) is 2.60. The Hall–Kier alpha value is -1.44. The number of hydrogen-bond donors (Lipinski definition) is 1. The van der Waals surface area contributed by atoms with E-state index in [1.54, 1.807) is 6.07 Å². The first-order valence-electron chi connectivity index (χ1n) is 5.11. The zero-order chi connectivity index (χ0) is 11.2. The van der Waals surface area contributed by atoms with Gasteiger partial charge in [-0.05, 0) is 44.0 Å². The monoisotopic (exact) mass is 204 g/mol.